The lowest BCUT2D eigenvalue weighted by Gasteiger charge is -2.38. The van der Waals surface area contributed by atoms with Crippen molar-refractivity contribution in [2.24, 2.45) is 0 Å². The Labute approximate surface area is 201 Å². The first kappa shape index (κ1) is 23.6. The van der Waals surface area contributed by atoms with Crippen molar-refractivity contribution in [2.75, 3.05) is 11.9 Å². The normalized spacial score (nSPS) is 15.9. The number of amides is 2. The first-order valence-corrected chi connectivity index (χ1v) is 12.0. The Balaban J connectivity index is 1.61. The van der Waals surface area contributed by atoms with Crippen LogP contribution in [0.25, 0.3) is 0 Å². The molecule has 2 unspecified atom stereocenters. The Morgan fingerprint density at radius 3 is 2.53 bits per heavy atom. The maximum Gasteiger partial charge on any atom is 0.265 e. The van der Waals surface area contributed by atoms with Crippen LogP contribution in [-0.2, 0) is 16.0 Å². The largest absolute Gasteiger partial charge is 0.481 e. The van der Waals surface area contributed by atoms with E-state index in [1.807, 2.05) is 80.3 Å². The van der Waals surface area contributed by atoms with Gasteiger partial charge >= 0.3 is 0 Å². The predicted molar refractivity (Wildman–Crippen MR) is 135 cm³/mol. The van der Waals surface area contributed by atoms with Gasteiger partial charge in [0.25, 0.3) is 5.91 Å². The van der Waals surface area contributed by atoms with Gasteiger partial charge in [-0.05, 0) is 66.3 Å². The van der Waals surface area contributed by atoms with Crippen LogP contribution >= 0.6 is 0 Å². The molecule has 1 aliphatic rings. The zero-order chi connectivity index (χ0) is 24.1. The fraction of sp³-hybridized carbons (Fsp3) is 0.310. The monoisotopic (exact) mass is 456 g/mol. The number of hydrogen-bond acceptors (Lipinski definition) is 3. The second-order valence-electron chi connectivity index (χ2n) is 8.74. The number of carbonyl (C=O) groups is 2. The molecule has 3 aromatic rings. The number of aryl methyl sites for hydroxylation is 1. The molecule has 1 N–H and O–H groups in total. The van der Waals surface area contributed by atoms with Crippen molar-refractivity contribution >= 4 is 17.5 Å². The summed E-state index contributed by atoms with van der Waals surface area (Å²) >= 11 is 0. The van der Waals surface area contributed by atoms with Gasteiger partial charge in [0.15, 0.2) is 6.10 Å². The Morgan fingerprint density at radius 1 is 1.03 bits per heavy atom. The second kappa shape index (κ2) is 10.6. The molecular weight excluding hydrogens is 424 g/mol. The van der Waals surface area contributed by atoms with Crippen molar-refractivity contribution in [3.05, 3.63) is 95.1 Å². The Bertz CT molecular complexity index is 1160. The van der Waals surface area contributed by atoms with Gasteiger partial charge < -0.3 is 15.0 Å². The maximum absolute atomic E-state index is 12.9. The Hall–Kier alpha value is -3.60. The third-order valence-corrected chi connectivity index (χ3v) is 6.31. The lowest BCUT2D eigenvalue weighted by atomic mass is 9.87. The van der Waals surface area contributed by atoms with E-state index >= 15 is 0 Å². The van der Waals surface area contributed by atoms with Crippen LogP contribution < -0.4 is 10.1 Å². The molecule has 0 bridgehead atoms. The van der Waals surface area contributed by atoms with E-state index in [9.17, 15) is 9.59 Å². The van der Waals surface area contributed by atoms with Crippen molar-refractivity contribution in [1.29, 1.82) is 0 Å². The molecule has 2 amide bonds. The highest BCUT2D eigenvalue weighted by molar-refractivity contribution is 5.94. The van der Waals surface area contributed by atoms with E-state index in [1.54, 1.807) is 0 Å². The SMILES string of the molecule is CCC(=O)N1CCc2ccc(OC(CC)C(=O)Nc3cccc(C)c3)cc2C1c1ccccc1. The highest BCUT2D eigenvalue weighted by Crippen LogP contribution is 2.37. The molecule has 0 radical (unpaired) electrons. The van der Waals surface area contributed by atoms with Gasteiger partial charge in [-0.15, -0.1) is 0 Å². The number of carbonyl (C=O) groups excluding carboxylic acids is 2. The first-order chi connectivity index (χ1) is 16.5. The molecule has 0 saturated heterocycles. The number of fused-ring (bicyclic) bond motifs is 1. The van der Waals surface area contributed by atoms with Crippen molar-refractivity contribution in [3.8, 4) is 5.75 Å². The number of nitrogens with zero attached hydrogens (tertiary/aromatic N) is 1. The lowest BCUT2D eigenvalue weighted by Crippen LogP contribution is -2.40. The molecule has 34 heavy (non-hydrogen) atoms. The van der Waals surface area contributed by atoms with Crippen LogP contribution in [0.2, 0.25) is 0 Å². The van der Waals surface area contributed by atoms with Crippen molar-refractivity contribution in [2.45, 2.75) is 52.2 Å². The highest BCUT2D eigenvalue weighted by atomic mass is 16.5. The minimum atomic E-state index is -0.620. The average molecular weight is 457 g/mol. The summed E-state index contributed by atoms with van der Waals surface area (Å²) in [7, 11) is 0. The summed E-state index contributed by atoms with van der Waals surface area (Å²) in [5.74, 6) is 0.597. The summed E-state index contributed by atoms with van der Waals surface area (Å²) in [5.41, 5.74) is 5.19. The molecule has 4 rings (SSSR count). The number of ether oxygens (including phenoxy) is 1. The van der Waals surface area contributed by atoms with Crippen LogP contribution in [-0.4, -0.2) is 29.4 Å². The minimum absolute atomic E-state index is 0.134. The first-order valence-electron chi connectivity index (χ1n) is 12.0. The molecule has 0 saturated carbocycles. The van der Waals surface area contributed by atoms with E-state index in [4.69, 9.17) is 4.74 Å². The molecule has 5 heteroatoms. The molecule has 1 heterocycles. The molecule has 2 atom stereocenters. The fourth-order valence-electron chi connectivity index (χ4n) is 4.57. The van der Waals surface area contributed by atoms with E-state index < -0.39 is 6.10 Å². The summed E-state index contributed by atoms with van der Waals surface area (Å²) in [6.07, 6.45) is 1.18. The van der Waals surface area contributed by atoms with Crippen LogP contribution in [0.4, 0.5) is 5.69 Å². The number of hydrogen-bond donors (Lipinski definition) is 1. The van der Waals surface area contributed by atoms with Gasteiger partial charge in [-0.2, -0.15) is 0 Å². The van der Waals surface area contributed by atoms with Crippen molar-refractivity contribution in [1.82, 2.24) is 4.90 Å². The predicted octanol–water partition coefficient (Wildman–Crippen LogP) is 5.68. The van der Waals surface area contributed by atoms with Crippen LogP contribution in [0, 0.1) is 6.92 Å². The van der Waals surface area contributed by atoms with E-state index in [2.05, 4.69) is 23.5 Å². The molecule has 5 nitrogen and oxygen atoms in total. The highest BCUT2D eigenvalue weighted by Gasteiger charge is 2.32. The third-order valence-electron chi connectivity index (χ3n) is 6.31. The summed E-state index contributed by atoms with van der Waals surface area (Å²) in [4.78, 5) is 27.7. The Morgan fingerprint density at radius 2 is 1.82 bits per heavy atom. The average Bonchev–Trinajstić information content (AvgIpc) is 2.86. The number of nitrogens with one attached hydrogen (secondary N) is 1. The second-order valence-corrected chi connectivity index (χ2v) is 8.74. The van der Waals surface area contributed by atoms with Gasteiger partial charge in [0.05, 0.1) is 6.04 Å². The van der Waals surface area contributed by atoms with E-state index in [-0.39, 0.29) is 17.9 Å². The van der Waals surface area contributed by atoms with Crippen LogP contribution in [0.3, 0.4) is 0 Å². The lowest BCUT2D eigenvalue weighted by molar-refractivity contribution is -0.133. The maximum atomic E-state index is 12.9. The summed E-state index contributed by atoms with van der Waals surface area (Å²) in [6, 6.07) is 23.7. The summed E-state index contributed by atoms with van der Waals surface area (Å²) in [6.45, 7) is 6.52. The van der Waals surface area contributed by atoms with Gasteiger partial charge in [-0.3, -0.25) is 9.59 Å². The Kier molecular flexibility index (Phi) is 7.31. The number of benzene rings is 3. The summed E-state index contributed by atoms with van der Waals surface area (Å²) in [5, 5.41) is 2.96. The van der Waals surface area contributed by atoms with E-state index in [0.29, 0.717) is 25.1 Å². The van der Waals surface area contributed by atoms with Gasteiger partial charge in [-0.1, -0.05) is 62.4 Å². The zero-order valence-electron chi connectivity index (χ0n) is 20.1. The van der Waals surface area contributed by atoms with Crippen LogP contribution in [0.1, 0.15) is 55.0 Å². The zero-order valence-corrected chi connectivity index (χ0v) is 20.1. The van der Waals surface area contributed by atoms with Gasteiger partial charge in [0, 0.05) is 18.7 Å². The number of rotatable bonds is 7. The molecule has 176 valence electrons. The standard InChI is InChI=1S/C29H32N2O3/c1-4-26(29(33)30-23-13-9-10-20(3)18-23)34-24-15-14-21-16-17-31(27(32)5-2)28(25(21)19-24)22-11-7-6-8-12-22/h6-15,18-19,26,28H,4-5,16-17H2,1-3H3,(H,30,33). The smallest absolute Gasteiger partial charge is 0.265 e. The van der Waals surface area contributed by atoms with Crippen LogP contribution in [0.15, 0.2) is 72.8 Å². The molecule has 0 aromatic heterocycles. The number of anilines is 1. The van der Waals surface area contributed by atoms with Gasteiger partial charge in [0.2, 0.25) is 5.91 Å². The molecule has 0 fully saturated rings. The molecular formula is C29H32N2O3. The molecule has 1 aliphatic heterocycles. The minimum Gasteiger partial charge on any atom is -0.481 e. The topological polar surface area (TPSA) is 58.6 Å². The fourth-order valence-corrected chi connectivity index (χ4v) is 4.57. The van der Waals surface area contributed by atoms with Gasteiger partial charge in [0.1, 0.15) is 5.75 Å². The quantitative estimate of drug-likeness (QED) is 0.498. The van der Waals surface area contributed by atoms with Crippen LogP contribution in [0.5, 0.6) is 5.75 Å². The van der Waals surface area contributed by atoms with E-state index in [1.165, 1.54) is 5.56 Å². The molecule has 0 aliphatic carbocycles. The summed E-state index contributed by atoms with van der Waals surface area (Å²) < 4.78 is 6.18. The van der Waals surface area contributed by atoms with Gasteiger partial charge in [-0.25, -0.2) is 0 Å². The third kappa shape index (κ3) is 5.14. The van der Waals surface area contributed by atoms with Crippen molar-refractivity contribution < 1.29 is 14.3 Å². The van der Waals surface area contributed by atoms with E-state index in [0.717, 1.165) is 28.8 Å². The molecule has 3 aromatic carbocycles. The van der Waals surface area contributed by atoms with Crippen molar-refractivity contribution in [3.63, 3.8) is 0 Å². The molecule has 0 spiro atoms.